The lowest BCUT2D eigenvalue weighted by Gasteiger charge is -2.25. The molecule has 0 saturated carbocycles. The lowest BCUT2D eigenvalue weighted by Crippen LogP contribution is -2.35. The molecule has 0 radical (unpaired) electrons. The van der Waals surface area contributed by atoms with Gasteiger partial charge in [0.2, 0.25) is 0 Å². The minimum atomic E-state index is -0.427. The van der Waals surface area contributed by atoms with Gasteiger partial charge in [0, 0.05) is 32.0 Å². The second-order valence-electron chi connectivity index (χ2n) is 7.67. The molecular formula is C26H24FN3O2. The average Bonchev–Trinajstić information content (AvgIpc) is 3.06. The summed E-state index contributed by atoms with van der Waals surface area (Å²) in [6.45, 7) is 2.41. The lowest BCUT2D eigenvalue weighted by molar-refractivity contribution is -0.120. The molecule has 4 rings (SSSR count). The smallest absolute Gasteiger partial charge is 0.282 e. The van der Waals surface area contributed by atoms with Gasteiger partial charge in [0.25, 0.3) is 11.8 Å². The molecule has 3 aromatic carbocycles. The van der Waals surface area contributed by atoms with Gasteiger partial charge < -0.3 is 9.80 Å². The maximum atomic E-state index is 13.7. The number of imide groups is 1. The molecule has 2 amide bonds. The Morgan fingerprint density at radius 3 is 1.97 bits per heavy atom. The highest BCUT2D eigenvalue weighted by atomic mass is 19.1. The normalized spacial score (nSPS) is 13.7. The molecule has 0 aromatic heterocycles. The van der Waals surface area contributed by atoms with Crippen LogP contribution in [0.5, 0.6) is 0 Å². The Bertz CT molecular complexity index is 1170. The number of benzene rings is 3. The summed E-state index contributed by atoms with van der Waals surface area (Å²) in [6, 6.07) is 22.4. The van der Waals surface area contributed by atoms with Crippen molar-refractivity contribution in [1.82, 2.24) is 0 Å². The van der Waals surface area contributed by atoms with Crippen molar-refractivity contribution in [2.75, 3.05) is 35.3 Å². The van der Waals surface area contributed by atoms with E-state index in [1.165, 1.54) is 29.2 Å². The van der Waals surface area contributed by atoms with Gasteiger partial charge >= 0.3 is 0 Å². The molecule has 162 valence electrons. The standard InChI is InChI=1S/C26H24FN3O2/c1-4-29(21-8-6-5-7-9-21)24-23(18-10-12-19(27)13-11-18)25(31)30(26(24)32)22-16-14-20(15-17-22)28(2)3/h5-17H,4H2,1-3H3. The molecule has 5 nitrogen and oxygen atoms in total. The van der Waals surface area contributed by atoms with Crippen molar-refractivity contribution in [1.29, 1.82) is 0 Å². The Kier molecular flexibility index (Phi) is 5.77. The van der Waals surface area contributed by atoms with Crippen LogP contribution < -0.4 is 14.7 Å². The molecule has 0 unspecified atom stereocenters. The van der Waals surface area contributed by atoms with Crippen LogP contribution >= 0.6 is 0 Å². The predicted molar refractivity (Wildman–Crippen MR) is 126 cm³/mol. The van der Waals surface area contributed by atoms with Crippen LogP contribution in [0.15, 0.2) is 84.6 Å². The molecule has 0 bridgehead atoms. The Hall–Kier alpha value is -3.93. The number of likely N-dealkylation sites (N-methyl/N-ethyl adjacent to an activating group) is 1. The fourth-order valence-corrected chi connectivity index (χ4v) is 3.86. The number of hydrogen-bond donors (Lipinski definition) is 0. The van der Waals surface area contributed by atoms with Crippen molar-refractivity contribution >= 4 is 34.4 Å². The van der Waals surface area contributed by atoms with Crippen LogP contribution in [0.4, 0.5) is 21.5 Å². The molecule has 3 aromatic rings. The van der Waals surface area contributed by atoms with E-state index in [0.717, 1.165) is 11.4 Å². The summed E-state index contributed by atoms with van der Waals surface area (Å²) in [5, 5.41) is 0. The molecule has 0 aliphatic carbocycles. The minimum absolute atomic E-state index is 0.261. The number of nitrogens with zero attached hydrogens (tertiary/aromatic N) is 3. The van der Waals surface area contributed by atoms with Gasteiger partial charge in [-0.2, -0.15) is 0 Å². The van der Waals surface area contributed by atoms with Crippen molar-refractivity contribution < 1.29 is 14.0 Å². The van der Waals surface area contributed by atoms with Crippen molar-refractivity contribution in [2.24, 2.45) is 0 Å². The summed E-state index contributed by atoms with van der Waals surface area (Å²) in [4.78, 5) is 32.2. The van der Waals surface area contributed by atoms with Crippen LogP contribution in [0.1, 0.15) is 12.5 Å². The van der Waals surface area contributed by atoms with Crippen LogP contribution in [0, 0.1) is 5.82 Å². The van der Waals surface area contributed by atoms with Gasteiger partial charge in [0.05, 0.1) is 11.3 Å². The van der Waals surface area contributed by atoms with E-state index in [0.29, 0.717) is 17.8 Å². The Balaban J connectivity index is 1.86. The van der Waals surface area contributed by atoms with Gasteiger partial charge in [0.15, 0.2) is 0 Å². The third kappa shape index (κ3) is 3.75. The summed E-state index contributed by atoms with van der Waals surface area (Å²) < 4.78 is 13.6. The SMILES string of the molecule is CCN(C1=C(c2ccc(F)cc2)C(=O)N(c2ccc(N(C)C)cc2)C1=O)c1ccccc1. The van der Waals surface area contributed by atoms with Crippen LogP contribution in [0.3, 0.4) is 0 Å². The van der Waals surface area contributed by atoms with E-state index in [9.17, 15) is 14.0 Å². The van der Waals surface area contributed by atoms with Crippen molar-refractivity contribution in [3.05, 3.63) is 95.9 Å². The second-order valence-corrected chi connectivity index (χ2v) is 7.67. The van der Waals surface area contributed by atoms with Crippen molar-refractivity contribution in [3.63, 3.8) is 0 Å². The highest BCUT2D eigenvalue weighted by Gasteiger charge is 2.42. The van der Waals surface area contributed by atoms with E-state index < -0.39 is 17.6 Å². The summed E-state index contributed by atoms with van der Waals surface area (Å²) in [5.41, 5.74) is 3.30. The third-order valence-corrected chi connectivity index (χ3v) is 5.47. The molecule has 0 N–H and O–H groups in total. The van der Waals surface area contributed by atoms with Crippen LogP contribution in [0.25, 0.3) is 5.57 Å². The number of carbonyl (C=O) groups is 2. The molecule has 1 aliphatic heterocycles. The fraction of sp³-hybridized carbons (Fsp3) is 0.154. The second kappa shape index (κ2) is 8.67. The number of amides is 2. The van der Waals surface area contributed by atoms with Gasteiger partial charge in [-0.15, -0.1) is 0 Å². The monoisotopic (exact) mass is 429 g/mol. The molecule has 32 heavy (non-hydrogen) atoms. The van der Waals surface area contributed by atoms with Gasteiger partial charge in [-0.1, -0.05) is 30.3 Å². The van der Waals surface area contributed by atoms with Crippen molar-refractivity contribution in [2.45, 2.75) is 6.92 Å². The molecule has 0 atom stereocenters. The summed E-state index contributed by atoms with van der Waals surface area (Å²) in [5.74, 6) is -1.24. The van der Waals surface area contributed by atoms with E-state index >= 15 is 0 Å². The van der Waals surface area contributed by atoms with Crippen LogP contribution in [-0.4, -0.2) is 32.5 Å². The maximum absolute atomic E-state index is 13.7. The number of hydrogen-bond acceptors (Lipinski definition) is 4. The molecule has 0 spiro atoms. The summed E-state index contributed by atoms with van der Waals surface area (Å²) in [6.07, 6.45) is 0. The first-order valence-electron chi connectivity index (χ1n) is 10.4. The van der Waals surface area contributed by atoms with E-state index in [-0.39, 0.29) is 11.3 Å². The molecule has 0 saturated heterocycles. The van der Waals surface area contributed by atoms with E-state index in [2.05, 4.69) is 0 Å². The number of anilines is 3. The molecule has 0 fully saturated rings. The Labute approximate surface area is 187 Å². The number of carbonyl (C=O) groups excluding carboxylic acids is 2. The van der Waals surface area contributed by atoms with Gasteiger partial charge in [0.1, 0.15) is 11.5 Å². The molecule has 6 heteroatoms. The van der Waals surface area contributed by atoms with Crippen LogP contribution in [0.2, 0.25) is 0 Å². The zero-order chi connectivity index (χ0) is 22.8. The summed E-state index contributed by atoms with van der Waals surface area (Å²) >= 11 is 0. The van der Waals surface area contributed by atoms with Crippen molar-refractivity contribution in [3.8, 4) is 0 Å². The first-order valence-corrected chi connectivity index (χ1v) is 10.4. The number of halogens is 1. The first kappa shape index (κ1) is 21.3. The Morgan fingerprint density at radius 2 is 1.41 bits per heavy atom. The largest absolute Gasteiger partial charge is 0.378 e. The van der Waals surface area contributed by atoms with E-state index in [1.807, 2.05) is 73.3 Å². The van der Waals surface area contributed by atoms with Gasteiger partial charge in [-0.3, -0.25) is 9.59 Å². The van der Waals surface area contributed by atoms with E-state index in [4.69, 9.17) is 0 Å². The highest BCUT2D eigenvalue weighted by Crippen LogP contribution is 2.37. The van der Waals surface area contributed by atoms with Crippen LogP contribution in [-0.2, 0) is 9.59 Å². The Morgan fingerprint density at radius 1 is 0.781 bits per heavy atom. The number of para-hydroxylation sites is 1. The summed E-state index contributed by atoms with van der Waals surface area (Å²) in [7, 11) is 3.85. The zero-order valence-corrected chi connectivity index (χ0v) is 18.2. The fourth-order valence-electron chi connectivity index (χ4n) is 3.86. The molecule has 1 heterocycles. The number of rotatable bonds is 6. The maximum Gasteiger partial charge on any atom is 0.282 e. The minimum Gasteiger partial charge on any atom is -0.378 e. The van der Waals surface area contributed by atoms with Gasteiger partial charge in [-0.05, 0) is 61.0 Å². The lowest BCUT2D eigenvalue weighted by atomic mass is 10.0. The molecular weight excluding hydrogens is 405 g/mol. The quantitative estimate of drug-likeness (QED) is 0.533. The zero-order valence-electron chi connectivity index (χ0n) is 18.2. The topological polar surface area (TPSA) is 43.9 Å². The van der Waals surface area contributed by atoms with E-state index in [1.54, 1.807) is 12.1 Å². The highest BCUT2D eigenvalue weighted by molar-refractivity contribution is 6.46. The third-order valence-electron chi connectivity index (χ3n) is 5.47. The first-order chi connectivity index (χ1) is 15.4. The average molecular weight is 429 g/mol. The predicted octanol–water partition coefficient (Wildman–Crippen LogP) is 4.70. The van der Waals surface area contributed by atoms with Gasteiger partial charge in [-0.25, -0.2) is 9.29 Å². The molecule has 1 aliphatic rings.